The van der Waals surface area contributed by atoms with Gasteiger partial charge in [0.1, 0.15) is 17.6 Å². The van der Waals surface area contributed by atoms with E-state index in [1.165, 1.54) is 19.0 Å². The summed E-state index contributed by atoms with van der Waals surface area (Å²) in [4.78, 5) is 25.6. The molecule has 1 aromatic heterocycles. The summed E-state index contributed by atoms with van der Waals surface area (Å²) in [5, 5.41) is 13.2. The third-order valence-electron chi connectivity index (χ3n) is 2.52. The second kappa shape index (κ2) is 6.37. The van der Waals surface area contributed by atoms with Gasteiger partial charge in [-0.2, -0.15) is 13.2 Å². The monoisotopic (exact) mass is 306 g/mol. The zero-order chi connectivity index (χ0) is 16.2. The number of hydrogen-bond acceptors (Lipinski definition) is 5. The van der Waals surface area contributed by atoms with E-state index in [0.29, 0.717) is 12.3 Å². The predicted octanol–water partition coefficient (Wildman–Crippen LogP) is 1.90. The Kier molecular flexibility index (Phi) is 5.06. The molecule has 0 unspecified atom stereocenters. The van der Waals surface area contributed by atoms with Gasteiger partial charge in [0.15, 0.2) is 0 Å². The van der Waals surface area contributed by atoms with Crippen LogP contribution in [0.5, 0.6) is 0 Å². The van der Waals surface area contributed by atoms with Crippen LogP contribution in [0, 0.1) is 10.1 Å². The second-order valence-corrected chi connectivity index (χ2v) is 4.31. The lowest BCUT2D eigenvalue weighted by Gasteiger charge is -2.12. The molecule has 1 rings (SSSR count). The second-order valence-electron chi connectivity index (χ2n) is 4.31. The van der Waals surface area contributed by atoms with Crippen molar-refractivity contribution < 1.29 is 22.9 Å². The van der Waals surface area contributed by atoms with Crippen molar-refractivity contribution >= 4 is 17.3 Å². The third kappa shape index (κ3) is 4.58. The lowest BCUT2D eigenvalue weighted by molar-refractivity contribution is -0.384. The molecule has 116 valence electrons. The number of rotatable bonds is 5. The Balaban J connectivity index is 2.92. The first-order valence-corrected chi connectivity index (χ1v) is 5.78. The maximum Gasteiger partial charge on any atom is 0.433 e. The molecule has 0 atom stereocenters. The van der Waals surface area contributed by atoms with Gasteiger partial charge in [0, 0.05) is 27.1 Å². The first-order valence-electron chi connectivity index (χ1n) is 5.78. The summed E-state index contributed by atoms with van der Waals surface area (Å²) in [7, 11) is 3.05. The molecule has 0 bridgehead atoms. The summed E-state index contributed by atoms with van der Waals surface area (Å²) in [5.74, 6) is -0.254. The fourth-order valence-corrected chi connectivity index (χ4v) is 1.42. The smallest absolute Gasteiger partial charge is 0.379 e. The van der Waals surface area contributed by atoms with Gasteiger partial charge in [-0.3, -0.25) is 14.9 Å². The molecular weight excluding hydrogens is 293 g/mol. The number of halogens is 3. The Labute approximate surface area is 117 Å². The van der Waals surface area contributed by atoms with E-state index in [1.54, 1.807) is 0 Å². The Morgan fingerprint density at radius 1 is 1.48 bits per heavy atom. The number of carbonyl (C=O) groups is 1. The normalized spacial score (nSPS) is 11.1. The zero-order valence-corrected chi connectivity index (χ0v) is 11.3. The van der Waals surface area contributed by atoms with Crippen LogP contribution in [0.25, 0.3) is 0 Å². The molecule has 1 heterocycles. The van der Waals surface area contributed by atoms with Crippen molar-refractivity contribution in [3.63, 3.8) is 0 Å². The standard InChI is InChI=1S/C11H13F3N4O3/c1-17(2)10(19)3-4-15-7-5-9(11(12,13)14)16-6-8(7)18(20)21/h5-6H,3-4H2,1-2H3,(H,15,16). The van der Waals surface area contributed by atoms with E-state index in [4.69, 9.17) is 0 Å². The van der Waals surface area contributed by atoms with Crippen molar-refractivity contribution in [1.82, 2.24) is 9.88 Å². The van der Waals surface area contributed by atoms with E-state index >= 15 is 0 Å². The predicted molar refractivity (Wildman–Crippen MR) is 67.7 cm³/mol. The summed E-state index contributed by atoms with van der Waals surface area (Å²) >= 11 is 0. The minimum Gasteiger partial charge on any atom is -0.379 e. The molecule has 0 saturated carbocycles. The topological polar surface area (TPSA) is 88.4 Å². The van der Waals surface area contributed by atoms with E-state index < -0.39 is 22.5 Å². The van der Waals surface area contributed by atoms with Crippen LogP contribution >= 0.6 is 0 Å². The Morgan fingerprint density at radius 2 is 2.10 bits per heavy atom. The van der Waals surface area contributed by atoms with Crippen LogP contribution in [0.3, 0.4) is 0 Å². The molecule has 0 aliphatic carbocycles. The SMILES string of the molecule is CN(C)C(=O)CCNc1cc(C(F)(F)F)ncc1[N+](=O)[O-]. The van der Waals surface area contributed by atoms with Crippen LogP contribution in [0.1, 0.15) is 12.1 Å². The highest BCUT2D eigenvalue weighted by Gasteiger charge is 2.34. The number of alkyl halides is 3. The van der Waals surface area contributed by atoms with Crippen LogP contribution in [-0.2, 0) is 11.0 Å². The molecule has 0 aromatic carbocycles. The molecular formula is C11H13F3N4O3. The highest BCUT2D eigenvalue weighted by molar-refractivity contribution is 5.76. The van der Waals surface area contributed by atoms with Gasteiger partial charge in [-0.25, -0.2) is 4.98 Å². The Morgan fingerprint density at radius 3 is 2.57 bits per heavy atom. The molecule has 1 aromatic rings. The van der Waals surface area contributed by atoms with Crippen molar-refractivity contribution in [2.24, 2.45) is 0 Å². The number of aromatic nitrogens is 1. The molecule has 21 heavy (non-hydrogen) atoms. The summed E-state index contributed by atoms with van der Waals surface area (Å²) in [6.07, 6.45) is -4.17. The van der Waals surface area contributed by atoms with Crippen LogP contribution < -0.4 is 5.32 Å². The van der Waals surface area contributed by atoms with Gasteiger partial charge < -0.3 is 10.2 Å². The molecule has 1 N–H and O–H groups in total. The molecule has 0 aliphatic heterocycles. The highest BCUT2D eigenvalue weighted by atomic mass is 19.4. The van der Waals surface area contributed by atoms with Crippen LogP contribution in [-0.4, -0.2) is 41.4 Å². The molecule has 0 fully saturated rings. The van der Waals surface area contributed by atoms with Gasteiger partial charge in [-0.1, -0.05) is 0 Å². The number of nitrogens with zero attached hydrogens (tertiary/aromatic N) is 3. The van der Waals surface area contributed by atoms with Gasteiger partial charge in [0.05, 0.1) is 4.92 Å². The molecule has 0 aliphatic rings. The summed E-state index contributed by atoms with van der Waals surface area (Å²) in [5.41, 5.74) is -2.15. The van der Waals surface area contributed by atoms with Gasteiger partial charge in [-0.05, 0) is 6.07 Å². The molecule has 10 heteroatoms. The number of amides is 1. The van der Waals surface area contributed by atoms with Gasteiger partial charge >= 0.3 is 11.9 Å². The van der Waals surface area contributed by atoms with Crippen LogP contribution in [0.2, 0.25) is 0 Å². The van der Waals surface area contributed by atoms with E-state index in [2.05, 4.69) is 10.3 Å². The minimum absolute atomic E-state index is 0.00612. The maximum atomic E-state index is 12.5. The minimum atomic E-state index is -4.70. The molecule has 7 nitrogen and oxygen atoms in total. The maximum absolute atomic E-state index is 12.5. The van der Waals surface area contributed by atoms with Gasteiger partial charge in [0.2, 0.25) is 5.91 Å². The number of nitrogens with one attached hydrogen (secondary N) is 1. The summed E-state index contributed by atoms with van der Waals surface area (Å²) in [6, 6.07) is 0.554. The van der Waals surface area contributed by atoms with Crippen LogP contribution in [0.15, 0.2) is 12.3 Å². The molecule has 1 amide bonds. The lowest BCUT2D eigenvalue weighted by Crippen LogP contribution is -2.24. The number of hydrogen-bond donors (Lipinski definition) is 1. The Hall–Kier alpha value is -2.39. The fourth-order valence-electron chi connectivity index (χ4n) is 1.42. The van der Waals surface area contributed by atoms with Crippen molar-refractivity contribution in [2.75, 3.05) is 26.0 Å². The van der Waals surface area contributed by atoms with Crippen molar-refractivity contribution in [3.8, 4) is 0 Å². The fraction of sp³-hybridized carbons (Fsp3) is 0.455. The Bertz CT molecular complexity index is 546. The summed E-state index contributed by atoms with van der Waals surface area (Å²) < 4.78 is 37.6. The third-order valence-corrected chi connectivity index (χ3v) is 2.52. The first kappa shape index (κ1) is 16.7. The molecule has 0 radical (unpaired) electrons. The molecule has 0 saturated heterocycles. The van der Waals surface area contributed by atoms with Crippen molar-refractivity contribution in [1.29, 1.82) is 0 Å². The van der Waals surface area contributed by atoms with E-state index in [9.17, 15) is 28.1 Å². The summed E-state index contributed by atoms with van der Waals surface area (Å²) in [6.45, 7) is -0.0286. The highest BCUT2D eigenvalue weighted by Crippen LogP contribution is 2.32. The number of anilines is 1. The number of pyridine rings is 1. The lowest BCUT2D eigenvalue weighted by atomic mass is 10.2. The van der Waals surface area contributed by atoms with Gasteiger partial charge in [-0.15, -0.1) is 0 Å². The first-order chi connectivity index (χ1) is 9.62. The average Bonchev–Trinajstić information content (AvgIpc) is 2.36. The number of nitro groups is 1. The number of carbonyl (C=O) groups excluding carboxylic acids is 1. The largest absolute Gasteiger partial charge is 0.433 e. The zero-order valence-electron chi connectivity index (χ0n) is 11.3. The van der Waals surface area contributed by atoms with Crippen molar-refractivity contribution in [3.05, 3.63) is 28.1 Å². The van der Waals surface area contributed by atoms with E-state index in [1.807, 2.05) is 0 Å². The van der Waals surface area contributed by atoms with Gasteiger partial charge in [0.25, 0.3) is 0 Å². The molecule has 0 spiro atoms. The van der Waals surface area contributed by atoms with Crippen molar-refractivity contribution in [2.45, 2.75) is 12.6 Å². The quantitative estimate of drug-likeness (QED) is 0.663. The average molecular weight is 306 g/mol. The van der Waals surface area contributed by atoms with E-state index in [-0.39, 0.29) is 24.6 Å². The van der Waals surface area contributed by atoms with E-state index in [0.717, 1.165) is 0 Å². The van der Waals surface area contributed by atoms with Crippen LogP contribution in [0.4, 0.5) is 24.5 Å².